The molecule has 0 atom stereocenters. The van der Waals surface area contributed by atoms with Gasteiger partial charge >= 0.3 is 0 Å². The molecule has 0 fully saturated rings. The fourth-order valence-electron chi connectivity index (χ4n) is 9.68. The SMILES string of the molecule is c1ccc(C2(c3ccccc3)c3ccccc3-c3ccc(-c4nc(-c5ccc(-c6ccc7ccccc7c6)cc5)nc(-c5ccc6c(ccc7ccccc76)c5)n4)cc32)cc1. The van der Waals surface area contributed by atoms with Gasteiger partial charge in [0.25, 0.3) is 0 Å². The molecule has 0 bridgehead atoms. The summed E-state index contributed by atoms with van der Waals surface area (Å²) in [5, 5.41) is 7.26. The van der Waals surface area contributed by atoms with E-state index >= 15 is 0 Å². The van der Waals surface area contributed by atoms with Crippen molar-refractivity contribution >= 4 is 32.3 Å². The average Bonchev–Trinajstić information content (AvgIpc) is 3.64. The number of nitrogens with zero attached hydrogens (tertiary/aromatic N) is 3. The van der Waals surface area contributed by atoms with Crippen LogP contribution in [0.15, 0.2) is 224 Å². The zero-order valence-electron chi connectivity index (χ0n) is 33.2. The third kappa shape index (κ3) is 5.70. The fraction of sp³-hybridized carbons (Fsp3) is 0.0172. The van der Waals surface area contributed by atoms with Gasteiger partial charge in [-0.05, 0) is 95.0 Å². The molecule has 0 amide bonds. The topological polar surface area (TPSA) is 38.7 Å². The molecule has 0 N–H and O–H groups in total. The van der Waals surface area contributed by atoms with E-state index in [9.17, 15) is 0 Å². The van der Waals surface area contributed by atoms with E-state index in [0.29, 0.717) is 17.5 Å². The molecule has 12 rings (SSSR count). The molecular formula is C58H37N3. The van der Waals surface area contributed by atoms with Gasteiger partial charge in [-0.25, -0.2) is 15.0 Å². The summed E-state index contributed by atoms with van der Waals surface area (Å²) in [4.78, 5) is 15.8. The summed E-state index contributed by atoms with van der Waals surface area (Å²) in [6.45, 7) is 0. The standard InChI is InChI=1S/C58H37N3/c1-3-16-47(17-4-1)58(48-18-5-2-6-19-48)53-22-12-11-21-51(53)52-34-32-46(37-54(52)58)57-60-55(41-27-23-39(24-28-41)43-29-25-38-13-7-8-15-42(38)35-43)59-56(61-57)45-31-33-50-44(36-45)30-26-40-14-9-10-20-49(40)50/h1-37H. The minimum atomic E-state index is -0.539. The summed E-state index contributed by atoms with van der Waals surface area (Å²) in [5.74, 6) is 1.89. The van der Waals surface area contributed by atoms with Gasteiger partial charge in [0.1, 0.15) is 0 Å². The first-order chi connectivity index (χ1) is 30.2. The molecule has 0 unspecified atom stereocenters. The molecule has 1 heterocycles. The lowest BCUT2D eigenvalue weighted by Crippen LogP contribution is -2.28. The second-order valence-corrected chi connectivity index (χ2v) is 16.0. The molecule has 0 saturated carbocycles. The largest absolute Gasteiger partial charge is 0.208 e. The summed E-state index contributed by atoms with van der Waals surface area (Å²) < 4.78 is 0. The minimum absolute atomic E-state index is 0.539. The lowest BCUT2D eigenvalue weighted by Gasteiger charge is -2.34. The smallest absolute Gasteiger partial charge is 0.164 e. The zero-order chi connectivity index (χ0) is 40.3. The number of fused-ring (bicyclic) bond motifs is 7. The first kappa shape index (κ1) is 35.0. The van der Waals surface area contributed by atoms with E-state index in [1.54, 1.807) is 0 Å². The van der Waals surface area contributed by atoms with Crippen LogP contribution in [0.5, 0.6) is 0 Å². The Hall–Kier alpha value is -8.01. The van der Waals surface area contributed by atoms with Crippen LogP contribution in [0, 0.1) is 0 Å². The number of benzene rings is 10. The van der Waals surface area contributed by atoms with Gasteiger partial charge in [0.15, 0.2) is 17.5 Å². The zero-order valence-corrected chi connectivity index (χ0v) is 33.2. The monoisotopic (exact) mass is 775 g/mol. The van der Waals surface area contributed by atoms with Crippen LogP contribution in [0.1, 0.15) is 22.3 Å². The van der Waals surface area contributed by atoms with E-state index in [0.717, 1.165) is 27.6 Å². The van der Waals surface area contributed by atoms with Crippen molar-refractivity contribution in [1.29, 1.82) is 0 Å². The number of hydrogen-bond acceptors (Lipinski definition) is 3. The van der Waals surface area contributed by atoms with Gasteiger partial charge in [-0.15, -0.1) is 0 Å². The third-order valence-electron chi connectivity index (χ3n) is 12.6. The molecule has 11 aromatic rings. The molecule has 0 aliphatic heterocycles. The first-order valence-electron chi connectivity index (χ1n) is 20.8. The highest BCUT2D eigenvalue weighted by molar-refractivity contribution is 6.08. The fourth-order valence-corrected chi connectivity index (χ4v) is 9.68. The molecule has 0 radical (unpaired) electrons. The van der Waals surface area contributed by atoms with Crippen LogP contribution in [0.4, 0.5) is 0 Å². The molecule has 3 nitrogen and oxygen atoms in total. The lowest BCUT2D eigenvalue weighted by molar-refractivity contribution is 0.768. The summed E-state index contributed by atoms with van der Waals surface area (Å²) in [6.07, 6.45) is 0. The summed E-state index contributed by atoms with van der Waals surface area (Å²) in [5.41, 5.74) is 12.0. The molecule has 3 heteroatoms. The maximum Gasteiger partial charge on any atom is 0.164 e. The quantitative estimate of drug-likeness (QED) is 0.158. The summed E-state index contributed by atoms with van der Waals surface area (Å²) in [7, 11) is 0. The Morgan fingerprint density at radius 1 is 0.262 bits per heavy atom. The van der Waals surface area contributed by atoms with Crippen molar-refractivity contribution in [2.24, 2.45) is 0 Å². The molecule has 0 saturated heterocycles. The van der Waals surface area contributed by atoms with Crippen LogP contribution in [0.2, 0.25) is 0 Å². The number of hydrogen-bond donors (Lipinski definition) is 0. The van der Waals surface area contributed by atoms with Crippen LogP contribution in [-0.4, -0.2) is 15.0 Å². The van der Waals surface area contributed by atoms with Gasteiger partial charge in [0, 0.05) is 16.7 Å². The van der Waals surface area contributed by atoms with Gasteiger partial charge in [-0.1, -0.05) is 206 Å². The van der Waals surface area contributed by atoms with Crippen molar-refractivity contribution in [2.45, 2.75) is 5.41 Å². The van der Waals surface area contributed by atoms with Gasteiger partial charge in [-0.3, -0.25) is 0 Å². The molecule has 284 valence electrons. The average molecular weight is 776 g/mol. The number of rotatable bonds is 6. The third-order valence-corrected chi connectivity index (χ3v) is 12.6. The molecule has 0 spiro atoms. The van der Waals surface area contributed by atoms with Crippen LogP contribution >= 0.6 is 0 Å². The Bertz CT molecular complexity index is 3430. The molecular weight excluding hydrogens is 739 g/mol. The van der Waals surface area contributed by atoms with Gasteiger partial charge in [0.05, 0.1) is 5.41 Å². The Morgan fingerprint density at radius 3 is 1.49 bits per heavy atom. The Kier molecular flexibility index (Phi) is 8.07. The van der Waals surface area contributed by atoms with Crippen molar-refractivity contribution in [3.8, 4) is 56.4 Å². The van der Waals surface area contributed by atoms with Crippen LogP contribution < -0.4 is 0 Å². The van der Waals surface area contributed by atoms with E-state index in [2.05, 4.69) is 224 Å². The summed E-state index contributed by atoms with van der Waals surface area (Å²) >= 11 is 0. The van der Waals surface area contributed by atoms with E-state index in [1.807, 2.05) is 0 Å². The Morgan fingerprint density at radius 2 is 0.738 bits per heavy atom. The highest BCUT2D eigenvalue weighted by Gasteiger charge is 2.46. The lowest BCUT2D eigenvalue weighted by atomic mass is 9.67. The van der Waals surface area contributed by atoms with Crippen molar-refractivity contribution in [2.75, 3.05) is 0 Å². The van der Waals surface area contributed by atoms with Crippen LogP contribution in [0.25, 0.3) is 88.7 Å². The van der Waals surface area contributed by atoms with Crippen LogP contribution in [0.3, 0.4) is 0 Å². The normalized spacial score (nSPS) is 12.7. The summed E-state index contributed by atoms with van der Waals surface area (Å²) in [6, 6.07) is 80.7. The minimum Gasteiger partial charge on any atom is -0.208 e. The number of aromatic nitrogens is 3. The second-order valence-electron chi connectivity index (χ2n) is 16.0. The highest BCUT2D eigenvalue weighted by atomic mass is 15.0. The van der Waals surface area contributed by atoms with E-state index in [4.69, 9.17) is 15.0 Å². The van der Waals surface area contributed by atoms with Crippen LogP contribution in [-0.2, 0) is 5.41 Å². The van der Waals surface area contributed by atoms with Gasteiger partial charge in [-0.2, -0.15) is 0 Å². The van der Waals surface area contributed by atoms with E-state index < -0.39 is 5.41 Å². The first-order valence-corrected chi connectivity index (χ1v) is 20.8. The van der Waals surface area contributed by atoms with E-state index in [1.165, 1.54) is 65.9 Å². The van der Waals surface area contributed by atoms with Crippen molar-refractivity contribution in [3.63, 3.8) is 0 Å². The van der Waals surface area contributed by atoms with Crippen molar-refractivity contribution in [1.82, 2.24) is 15.0 Å². The molecule has 1 aromatic heterocycles. The predicted molar refractivity (Wildman–Crippen MR) is 251 cm³/mol. The van der Waals surface area contributed by atoms with Gasteiger partial charge in [0.2, 0.25) is 0 Å². The molecule has 10 aromatic carbocycles. The maximum atomic E-state index is 5.31. The molecule has 1 aliphatic rings. The molecule has 61 heavy (non-hydrogen) atoms. The maximum absolute atomic E-state index is 5.31. The highest BCUT2D eigenvalue weighted by Crippen LogP contribution is 2.56. The van der Waals surface area contributed by atoms with Crippen molar-refractivity contribution < 1.29 is 0 Å². The Labute approximate surface area is 354 Å². The van der Waals surface area contributed by atoms with E-state index in [-0.39, 0.29) is 0 Å². The molecule has 1 aliphatic carbocycles. The second kappa shape index (κ2) is 14.1. The van der Waals surface area contributed by atoms with Crippen molar-refractivity contribution in [3.05, 3.63) is 247 Å². The van der Waals surface area contributed by atoms with Gasteiger partial charge < -0.3 is 0 Å². The predicted octanol–water partition coefficient (Wildman–Crippen LogP) is 14.4. The Balaban J connectivity index is 1.05.